The smallest absolute Gasteiger partial charge is 0.340 e. The molecule has 0 saturated heterocycles. The SMILES string of the molecule is CCOC(=O)/C(=C\c1ccc(SC)cc1)C1=Nn2c(nnc2-c2cccs2)SC1. The number of carbonyl (C=O) groups excluding carboxylic acids is 1. The number of hydrogen-bond acceptors (Lipinski definition) is 8. The van der Waals surface area contributed by atoms with Crippen LogP contribution in [0.2, 0.25) is 0 Å². The zero-order valence-electron chi connectivity index (χ0n) is 15.9. The van der Waals surface area contributed by atoms with Gasteiger partial charge in [-0.15, -0.1) is 33.3 Å². The third kappa shape index (κ3) is 4.31. The van der Waals surface area contributed by atoms with Crippen molar-refractivity contribution in [3.05, 3.63) is 52.9 Å². The molecule has 3 aromatic rings. The summed E-state index contributed by atoms with van der Waals surface area (Å²) in [6, 6.07) is 12.0. The minimum atomic E-state index is -0.380. The molecule has 9 heteroatoms. The van der Waals surface area contributed by atoms with Crippen LogP contribution in [0.15, 0.2) is 62.5 Å². The molecule has 0 radical (unpaired) electrons. The van der Waals surface area contributed by atoms with Crippen molar-refractivity contribution in [1.29, 1.82) is 0 Å². The monoisotopic (exact) mass is 442 g/mol. The Bertz CT molecular complexity index is 1070. The van der Waals surface area contributed by atoms with Gasteiger partial charge in [0.05, 0.1) is 22.8 Å². The van der Waals surface area contributed by atoms with E-state index in [0.717, 1.165) is 10.4 Å². The summed E-state index contributed by atoms with van der Waals surface area (Å²) in [6.07, 6.45) is 3.87. The lowest BCUT2D eigenvalue weighted by atomic mass is 10.1. The molecule has 0 atom stereocenters. The van der Waals surface area contributed by atoms with Crippen LogP contribution < -0.4 is 0 Å². The molecule has 0 amide bonds. The second-order valence-electron chi connectivity index (χ2n) is 5.98. The molecule has 1 aliphatic rings. The minimum Gasteiger partial charge on any atom is -0.462 e. The van der Waals surface area contributed by atoms with Crippen molar-refractivity contribution in [2.75, 3.05) is 18.6 Å². The standard InChI is InChI=1S/C20H18N4O2S3/c1-3-26-19(25)15(11-13-6-8-14(27-2)9-7-13)16-12-29-20-22-21-18(24(20)23-16)17-5-4-10-28-17/h4-11H,3,12H2,1-2H3/b15-11-. The van der Waals surface area contributed by atoms with E-state index in [2.05, 4.69) is 10.2 Å². The summed E-state index contributed by atoms with van der Waals surface area (Å²) in [5.41, 5.74) is 2.02. The number of benzene rings is 1. The Morgan fingerprint density at radius 2 is 2.10 bits per heavy atom. The summed E-state index contributed by atoms with van der Waals surface area (Å²) in [5.74, 6) is 0.818. The molecule has 0 N–H and O–H groups in total. The van der Waals surface area contributed by atoms with Crippen LogP contribution in [0.25, 0.3) is 16.8 Å². The fourth-order valence-corrected chi connectivity index (χ4v) is 4.68. The fraction of sp³-hybridized carbons (Fsp3) is 0.200. The zero-order valence-corrected chi connectivity index (χ0v) is 18.3. The number of thioether (sulfide) groups is 2. The van der Waals surface area contributed by atoms with Gasteiger partial charge >= 0.3 is 5.97 Å². The van der Waals surface area contributed by atoms with Crippen LogP contribution in [0.4, 0.5) is 0 Å². The van der Waals surface area contributed by atoms with Crippen molar-refractivity contribution in [3.63, 3.8) is 0 Å². The molecule has 0 unspecified atom stereocenters. The van der Waals surface area contributed by atoms with E-state index in [1.165, 1.54) is 16.7 Å². The Kier molecular flexibility index (Phi) is 6.17. The Balaban J connectivity index is 1.75. The van der Waals surface area contributed by atoms with Gasteiger partial charge in [0, 0.05) is 10.6 Å². The summed E-state index contributed by atoms with van der Waals surface area (Å²) in [4.78, 5) is 14.9. The van der Waals surface area contributed by atoms with E-state index in [1.807, 2.05) is 54.1 Å². The van der Waals surface area contributed by atoms with Crippen molar-refractivity contribution in [1.82, 2.24) is 14.9 Å². The maximum atomic E-state index is 12.7. The number of thiophene rings is 1. The van der Waals surface area contributed by atoms with Crippen LogP contribution in [0.5, 0.6) is 0 Å². The van der Waals surface area contributed by atoms with Gasteiger partial charge in [-0.2, -0.15) is 9.78 Å². The van der Waals surface area contributed by atoms with E-state index >= 15 is 0 Å². The van der Waals surface area contributed by atoms with Crippen LogP contribution in [0.3, 0.4) is 0 Å². The van der Waals surface area contributed by atoms with Gasteiger partial charge in [0.25, 0.3) is 0 Å². The van der Waals surface area contributed by atoms with Crippen LogP contribution in [0, 0.1) is 0 Å². The maximum absolute atomic E-state index is 12.7. The predicted molar refractivity (Wildman–Crippen MR) is 120 cm³/mol. The molecule has 1 aliphatic heterocycles. The maximum Gasteiger partial charge on any atom is 0.340 e. The molecule has 0 spiro atoms. The third-order valence-corrected chi connectivity index (χ3v) is 6.69. The lowest BCUT2D eigenvalue weighted by molar-refractivity contribution is -0.137. The summed E-state index contributed by atoms with van der Waals surface area (Å²) >= 11 is 4.76. The van der Waals surface area contributed by atoms with Gasteiger partial charge in [-0.3, -0.25) is 0 Å². The highest BCUT2D eigenvalue weighted by Crippen LogP contribution is 2.31. The summed E-state index contributed by atoms with van der Waals surface area (Å²) in [6.45, 7) is 2.10. The predicted octanol–water partition coefficient (Wildman–Crippen LogP) is 4.69. The number of ether oxygens (including phenoxy) is 1. The summed E-state index contributed by atoms with van der Waals surface area (Å²) in [5, 5.41) is 15.9. The number of rotatable bonds is 6. The minimum absolute atomic E-state index is 0.306. The lowest BCUT2D eigenvalue weighted by Crippen LogP contribution is -2.21. The van der Waals surface area contributed by atoms with Gasteiger partial charge in [-0.1, -0.05) is 30.0 Å². The Morgan fingerprint density at radius 1 is 1.28 bits per heavy atom. The first-order valence-electron chi connectivity index (χ1n) is 8.92. The first-order valence-corrected chi connectivity index (χ1v) is 12.0. The molecule has 2 aromatic heterocycles. The van der Waals surface area contributed by atoms with E-state index < -0.39 is 0 Å². The number of fused-ring (bicyclic) bond motifs is 1. The topological polar surface area (TPSA) is 69.4 Å². The molecule has 6 nitrogen and oxygen atoms in total. The Hall–Kier alpha value is -2.36. The molecule has 0 aliphatic carbocycles. The number of carbonyl (C=O) groups is 1. The molecule has 0 bridgehead atoms. The average Bonchev–Trinajstić information content (AvgIpc) is 3.41. The first-order chi connectivity index (χ1) is 14.2. The highest BCUT2D eigenvalue weighted by atomic mass is 32.2. The Labute approximate surface area is 181 Å². The quantitative estimate of drug-likeness (QED) is 0.313. The van der Waals surface area contributed by atoms with Crippen molar-refractivity contribution in [3.8, 4) is 10.7 Å². The van der Waals surface area contributed by atoms with E-state index in [0.29, 0.717) is 34.6 Å². The van der Waals surface area contributed by atoms with Gasteiger partial charge < -0.3 is 4.74 Å². The second-order valence-corrected chi connectivity index (χ2v) is 8.75. The second kappa shape index (κ2) is 8.98. The Morgan fingerprint density at radius 3 is 2.79 bits per heavy atom. The average molecular weight is 443 g/mol. The molecular formula is C20H18N4O2S3. The number of esters is 1. The van der Waals surface area contributed by atoms with E-state index in [-0.39, 0.29) is 5.97 Å². The van der Waals surface area contributed by atoms with Crippen LogP contribution in [-0.4, -0.2) is 45.2 Å². The normalized spacial score (nSPS) is 13.7. The van der Waals surface area contributed by atoms with Crippen molar-refractivity contribution >= 4 is 52.6 Å². The summed E-state index contributed by atoms with van der Waals surface area (Å²) < 4.78 is 7.01. The highest BCUT2D eigenvalue weighted by molar-refractivity contribution is 8.00. The fourth-order valence-electron chi connectivity index (χ4n) is 2.75. The van der Waals surface area contributed by atoms with Crippen LogP contribution >= 0.6 is 34.9 Å². The molecular weight excluding hydrogens is 424 g/mol. The number of aromatic nitrogens is 3. The molecule has 4 rings (SSSR count). The lowest BCUT2D eigenvalue weighted by Gasteiger charge is -2.15. The third-order valence-electron chi connectivity index (χ3n) is 4.15. The van der Waals surface area contributed by atoms with Crippen LogP contribution in [-0.2, 0) is 9.53 Å². The molecule has 29 heavy (non-hydrogen) atoms. The highest BCUT2D eigenvalue weighted by Gasteiger charge is 2.25. The molecule has 0 fully saturated rings. The van der Waals surface area contributed by atoms with Gasteiger partial charge in [0.15, 0.2) is 5.82 Å². The number of nitrogens with zero attached hydrogens (tertiary/aromatic N) is 4. The van der Waals surface area contributed by atoms with Gasteiger partial charge in [-0.05, 0) is 48.4 Å². The zero-order chi connectivity index (χ0) is 20.2. The van der Waals surface area contributed by atoms with Gasteiger partial charge in [0.2, 0.25) is 5.16 Å². The molecule has 3 heterocycles. The number of hydrogen-bond donors (Lipinski definition) is 0. The van der Waals surface area contributed by atoms with Crippen molar-refractivity contribution in [2.24, 2.45) is 5.10 Å². The van der Waals surface area contributed by atoms with E-state index in [9.17, 15) is 4.79 Å². The van der Waals surface area contributed by atoms with Crippen molar-refractivity contribution < 1.29 is 9.53 Å². The largest absolute Gasteiger partial charge is 0.462 e. The molecule has 148 valence electrons. The molecule has 0 saturated carbocycles. The van der Waals surface area contributed by atoms with Crippen LogP contribution in [0.1, 0.15) is 12.5 Å². The van der Waals surface area contributed by atoms with E-state index in [4.69, 9.17) is 9.84 Å². The van der Waals surface area contributed by atoms with E-state index in [1.54, 1.807) is 34.7 Å². The van der Waals surface area contributed by atoms with Crippen molar-refractivity contribution in [2.45, 2.75) is 17.0 Å². The first kappa shape index (κ1) is 19.9. The molecule has 1 aromatic carbocycles. The van der Waals surface area contributed by atoms with Gasteiger partial charge in [0.1, 0.15) is 0 Å². The van der Waals surface area contributed by atoms with Gasteiger partial charge in [-0.25, -0.2) is 4.79 Å². The summed E-state index contributed by atoms with van der Waals surface area (Å²) in [7, 11) is 0.